The van der Waals surface area contributed by atoms with Crippen molar-refractivity contribution in [3.63, 3.8) is 0 Å². The number of aromatic nitrogens is 4. The predicted molar refractivity (Wildman–Crippen MR) is 326 cm³/mol. The summed E-state index contributed by atoms with van der Waals surface area (Å²) >= 11 is 0. The molecular weight excluding hydrogens is 986 g/mol. The number of hydrogen-bond acceptors (Lipinski definition) is 2. The first-order chi connectivity index (χ1) is 36.1. The molecule has 4 nitrogen and oxygen atoms in total. The zero-order valence-electron chi connectivity index (χ0n) is 46.5. The van der Waals surface area contributed by atoms with E-state index in [1.165, 1.54) is 86.9 Å². The number of rotatable bonds is 3. The summed E-state index contributed by atoms with van der Waals surface area (Å²) in [5.41, 5.74) is 18.0. The van der Waals surface area contributed by atoms with Gasteiger partial charge >= 0.3 is 19.5 Å². The van der Waals surface area contributed by atoms with Gasteiger partial charge in [0.25, 0.3) is 0 Å². The maximum atomic E-state index is 5.82. The number of fused-ring (bicyclic) bond motifs is 8. The molecule has 0 spiro atoms. The van der Waals surface area contributed by atoms with Crippen molar-refractivity contribution in [3.05, 3.63) is 178 Å². The van der Waals surface area contributed by atoms with Crippen LogP contribution in [0.15, 0.2) is 133 Å². The van der Waals surface area contributed by atoms with E-state index >= 15 is 0 Å². The van der Waals surface area contributed by atoms with Crippen molar-refractivity contribution in [2.75, 3.05) is 0 Å². The molecule has 0 radical (unpaired) electrons. The third kappa shape index (κ3) is 7.78. The molecule has 0 atom stereocenters. The molecule has 14 rings (SSSR count). The summed E-state index contributed by atoms with van der Waals surface area (Å²) in [6.45, 7) is 27.6. The van der Waals surface area contributed by atoms with E-state index in [9.17, 15) is 0 Å². The molecule has 0 unspecified atom stereocenters. The topological polar surface area (TPSA) is 54.0 Å². The molecule has 2 aliphatic rings. The van der Waals surface area contributed by atoms with Crippen LogP contribution in [0.1, 0.15) is 128 Å². The normalized spacial score (nSPS) is 13.5. The summed E-state index contributed by atoms with van der Waals surface area (Å²) < 4.78 is 0. The smallest absolute Gasteiger partial charge is 0.657 e. The quantitative estimate of drug-likeness (QED) is 0.101. The fraction of sp³-hybridized carbons (Fsp3) is 0.222. The summed E-state index contributed by atoms with van der Waals surface area (Å²) in [4.78, 5) is 22.5. The second kappa shape index (κ2) is 16.8. The molecule has 372 valence electrons. The Kier molecular flexibility index (Phi) is 10.7. The van der Waals surface area contributed by atoms with Crippen molar-refractivity contribution >= 4 is 111 Å². The Bertz CT molecular complexity index is 4470. The minimum Gasteiger partial charge on any atom is -0.657 e. The van der Waals surface area contributed by atoms with E-state index in [2.05, 4.69) is 241 Å². The van der Waals surface area contributed by atoms with Crippen LogP contribution in [0.25, 0.3) is 144 Å². The van der Waals surface area contributed by atoms with Crippen LogP contribution in [-0.2, 0) is 41.1 Å². The first-order valence-corrected chi connectivity index (χ1v) is 27.1. The maximum Gasteiger partial charge on any atom is 2.00 e. The Labute approximate surface area is 464 Å². The minimum absolute atomic E-state index is 0. The molecule has 0 aliphatic carbocycles. The minimum atomic E-state index is -0.0908. The van der Waals surface area contributed by atoms with Crippen molar-refractivity contribution in [1.82, 2.24) is 19.9 Å². The Morgan fingerprint density at radius 3 is 1.19 bits per heavy atom. The molecular formula is C72H62N4Zn. The standard InChI is InChI=1S/C72H62N4.Zn/c1-69(2,3)46-31-44(32-47(36-46)70(4,5)6)60-54-25-22-50(73-54)38-51-23-26-55(74-51)61(45-33-48(71(7,8)9)37-49(34-45)72(10,11)12)57-28-30-59(76-57)67(58-29-27-56(60)75-58)53-35-43-20-19-41-16-14-39-13-15-40-17-18-42-21-24-52(53)68-65(42)63(40)62(39)64(41)66(43)68;/h13-38H,1-12H3;/q-2;+2. The summed E-state index contributed by atoms with van der Waals surface area (Å²) in [5, 5.41) is 15.4. The van der Waals surface area contributed by atoms with E-state index in [1.807, 2.05) is 0 Å². The Balaban J connectivity index is 0.00000566. The molecule has 2 aliphatic heterocycles. The molecule has 5 heterocycles. The van der Waals surface area contributed by atoms with Gasteiger partial charge in [-0.2, -0.15) is 0 Å². The molecule has 0 fully saturated rings. The van der Waals surface area contributed by atoms with E-state index in [4.69, 9.17) is 19.9 Å². The molecule has 3 aromatic heterocycles. The zero-order valence-corrected chi connectivity index (χ0v) is 49.5. The van der Waals surface area contributed by atoms with Gasteiger partial charge in [-0.1, -0.05) is 210 Å². The van der Waals surface area contributed by atoms with Crippen LogP contribution in [0, 0.1) is 0 Å². The molecule has 0 N–H and O–H groups in total. The summed E-state index contributed by atoms with van der Waals surface area (Å²) in [7, 11) is 0. The monoisotopic (exact) mass is 1050 g/mol. The van der Waals surface area contributed by atoms with Gasteiger partial charge in [-0.05, 0) is 172 Å². The van der Waals surface area contributed by atoms with Crippen LogP contribution in [0.4, 0.5) is 0 Å². The van der Waals surface area contributed by atoms with Crippen LogP contribution >= 0.6 is 0 Å². The molecule has 12 aromatic rings. The van der Waals surface area contributed by atoms with Crippen LogP contribution in [0.5, 0.6) is 0 Å². The van der Waals surface area contributed by atoms with E-state index < -0.39 is 0 Å². The first kappa shape index (κ1) is 49.1. The number of benzene rings is 9. The number of hydrogen-bond donors (Lipinski definition) is 0. The molecule has 77 heavy (non-hydrogen) atoms. The van der Waals surface area contributed by atoms with Gasteiger partial charge in [-0.25, -0.2) is 9.97 Å². The largest absolute Gasteiger partial charge is 2.00 e. The molecule has 9 aromatic carbocycles. The van der Waals surface area contributed by atoms with Crippen LogP contribution < -0.4 is 9.97 Å². The molecule has 5 heteroatoms. The second-order valence-corrected chi connectivity index (χ2v) is 26.0. The average Bonchev–Trinajstić information content (AvgIpc) is 4.25. The SMILES string of the molecule is CC(C)(C)c1cc(-c2c3nc(c(-c4cc5ccc6ccc7ccc8ccc9ccc4c4c9c8c7c6c54)c4ccc([n-]4)c(-c4cc(C(C)(C)C)cc(C(C)(C)C)c4)c4nc(cc5ccc2[n-]5)C=C4)C=C3)cc(C(C)(C)C)c1.[Zn+2]. The van der Waals surface area contributed by atoms with Crippen molar-refractivity contribution < 1.29 is 19.5 Å². The van der Waals surface area contributed by atoms with Gasteiger partial charge in [0.1, 0.15) is 0 Å². The van der Waals surface area contributed by atoms with E-state index in [0.717, 1.165) is 78.2 Å². The van der Waals surface area contributed by atoms with Gasteiger partial charge in [-0.15, -0.1) is 22.1 Å². The van der Waals surface area contributed by atoms with Gasteiger partial charge in [0, 0.05) is 0 Å². The fourth-order valence-electron chi connectivity index (χ4n) is 12.4. The van der Waals surface area contributed by atoms with Crippen molar-refractivity contribution in [2.45, 2.75) is 105 Å². The summed E-state index contributed by atoms with van der Waals surface area (Å²) in [6, 6.07) is 50.7. The molecule has 0 amide bonds. The molecule has 0 saturated carbocycles. The Morgan fingerprint density at radius 2 is 0.701 bits per heavy atom. The van der Waals surface area contributed by atoms with E-state index in [0.29, 0.717) is 0 Å². The van der Waals surface area contributed by atoms with Crippen LogP contribution in [0.2, 0.25) is 0 Å². The van der Waals surface area contributed by atoms with E-state index in [1.54, 1.807) is 0 Å². The average molecular weight is 1050 g/mol. The third-order valence-electron chi connectivity index (χ3n) is 16.6. The fourth-order valence-corrected chi connectivity index (χ4v) is 12.4. The molecule has 8 bridgehead atoms. The second-order valence-electron chi connectivity index (χ2n) is 26.0. The Hall–Kier alpha value is -7.46. The van der Waals surface area contributed by atoms with Crippen LogP contribution in [0.3, 0.4) is 0 Å². The maximum absolute atomic E-state index is 5.82. The zero-order chi connectivity index (χ0) is 52.5. The summed E-state index contributed by atoms with van der Waals surface area (Å²) in [6.07, 6.45) is 8.73. The van der Waals surface area contributed by atoms with Gasteiger partial charge in [0.05, 0.1) is 22.8 Å². The van der Waals surface area contributed by atoms with Crippen molar-refractivity contribution in [2.24, 2.45) is 0 Å². The molecule has 0 saturated heterocycles. The van der Waals surface area contributed by atoms with Gasteiger partial charge < -0.3 is 9.97 Å². The van der Waals surface area contributed by atoms with Gasteiger partial charge in [0.2, 0.25) is 0 Å². The Morgan fingerprint density at radius 1 is 0.325 bits per heavy atom. The van der Waals surface area contributed by atoms with E-state index in [-0.39, 0.29) is 41.1 Å². The van der Waals surface area contributed by atoms with Crippen molar-refractivity contribution in [3.8, 4) is 33.4 Å². The van der Waals surface area contributed by atoms with Gasteiger partial charge in [-0.3, -0.25) is 0 Å². The van der Waals surface area contributed by atoms with Crippen LogP contribution in [-0.4, -0.2) is 9.97 Å². The summed E-state index contributed by atoms with van der Waals surface area (Å²) in [5.74, 6) is 0. The number of nitrogens with zero attached hydrogens (tertiary/aromatic N) is 4. The first-order valence-electron chi connectivity index (χ1n) is 27.1. The van der Waals surface area contributed by atoms with Crippen molar-refractivity contribution in [1.29, 1.82) is 0 Å². The third-order valence-corrected chi connectivity index (χ3v) is 16.6. The van der Waals surface area contributed by atoms with Gasteiger partial charge in [0.15, 0.2) is 0 Å². The predicted octanol–water partition coefficient (Wildman–Crippen LogP) is 19.3.